The summed E-state index contributed by atoms with van der Waals surface area (Å²) in [4.78, 5) is 0. The molecule has 0 spiro atoms. The van der Waals surface area contributed by atoms with Crippen LogP contribution >= 0.6 is 0 Å². The van der Waals surface area contributed by atoms with Crippen LogP contribution in [-0.2, 0) is 33.2 Å². The maximum absolute atomic E-state index is 5.37. The van der Waals surface area contributed by atoms with Gasteiger partial charge in [-0.05, 0) is 6.92 Å². The standard InChI is InChI=1S/C16H32O7/c1-3-17-5-7-19-9-11-21-13-15-23-16-14-22-12-10-20-8-6-18-4-2/h3H,1,4-16H2,2H3. The molecule has 0 saturated carbocycles. The van der Waals surface area contributed by atoms with Crippen LogP contribution < -0.4 is 0 Å². The Morgan fingerprint density at radius 1 is 0.522 bits per heavy atom. The molecule has 0 saturated heterocycles. The van der Waals surface area contributed by atoms with Gasteiger partial charge in [0.05, 0.1) is 78.9 Å². The van der Waals surface area contributed by atoms with Crippen molar-refractivity contribution in [3.8, 4) is 0 Å². The zero-order valence-electron chi connectivity index (χ0n) is 14.3. The van der Waals surface area contributed by atoms with E-state index in [-0.39, 0.29) is 0 Å². The van der Waals surface area contributed by atoms with Gasteiger partial charge in [-0.2, -0.15) is 0 Å². The van der Waals surface area contributed by atoms with Gasteiger partial charge in [-0.25, -0.2) is 0 Å². The topological polar surface area (TPSA) is 64.6 Å². The molecule has 0 bridgehead atoms. The summed E-state index contributed by atoms with van der Waals surface area (Å²) in [6.45, 7) is 12.9. The van der Waals surface area contributed by atoms with Gasteiger partial charge in [0, 0.05) is 6.61 Å². The summed E-state index contributed by atoms with van der Waals surface area (Å²) in [6, 6.07) is 0. The minimum absolute atomic E-state index is 0.518. The van der Waals surface area contributed by atoms with Crippen molar-refractivity contribution in [2.24, 2.45) is 0 Å². The molecule has 0 amide bonds. The van der Waals surface area contributed by atoms with Crippen molar-refractivity contribution in [1.82, 2.24) is 0 Å². The normalized spacial score (nSPS) is 10.8. The summed E-state index contributed by atoms with van der Waals surface area (Å²) in [5.41, 5.74) is 0. The van der Waals surface area contributed by atoms with Crippen molar-refractivity contribution >= 4 is 0 Å². The molecule has 0 atom stereocenters. The second-order valence-electron chi connectivity index (χ2n) is 4.30. The molecule has 0 fully saturated rings. The predicted molar refractivity (Wildman–Crippen MR) is 86.7 cm³/mol. The summed E-state index contributed by atoms with van der Waals surface area (Å²) in [6.07, 6.45) is 1.40. The molecule has 0 aromatic carbocycles. The van der Waals surface area contributed by atoms with Crippen LogP contribution in [0.2, 0.25) is 0 Å². The first-order valence-corrected chi connectivity index (χ1v) is 8.10. The molecular weight excluding hydrogens is 304 g/mol. The Morgan fingerprint density at radius 3 is 1.13 bits per heavy atom. The highest BCUT2D eigenvalue weighted by Gasteiger charge is 1.93. The zero-order valence-corrected chi connectivity index (χ0v) is 14.3. The van der Waals surface area contributed by atoms with E-state index in [2.05, 4.69) is 6.58 Å². The zero-order chi connectivity index (χ0) is 16.8. The fraction of sp³-hybridized carbons (Fsp3) is 0.875. The van der Waals surface area contributed by atoms with E-state index in [9.17, 15) is 0 Å². The summed E-state index contributed by atoms with van der Waals surface area (Å²) in [5, 5.41) is 0. The number of rotatable bonds is 20. The van der Waals surface area contributed by atoms with Crippen molar-refractivity contribution in [3.05, 3.63) is 12.8 Å². The van der Waals surface area contributed by atoms with E-state index in [0.717, 1.165) is 6.61 Å². The Labute approximate surface area is 139 Å². The van der Waals surface area contributed by atoms with E-state index in [1.54, 1.807) is 0 Å². The van der Waals surface area contributed by atoms with Gasteiger partial charge in [0.2, 0.25) is 0 Å². The Kier molecular flexibility index (Phi) is 20.7. The van der Waals surface area contributed by atoms with E-state index in [1.165, 1.54) is 6.26 Å². The molecule has 0 heterocycles. The summed E-state index contributed by atoms with van der Waals surface area (Å²) < 4.78 is 36.7. The van der Waals surface area contributed by atoms with Gasteiger partial charge in [0.25, 0.3) is 0 Å². The first-order valence-electron chi connectivity index (χ1n) is 8.10. The lowest BCUT2D eigenvalue weighted by atomic mass is 10.7. The maximum atomic E-state index is 5.37. The van der Waals surface area contributed by atoms with Crippen molar-refractivity contribution < 1.29 is 33.2 Å². The molecule has 23 heavy (non-hydrogen) atoms. The lowest BCUT2D eigenvalue weighted by Gasteiger charge is -2.08. The Hall–Kier alpha value is -0.700. The second-order valence-corrected chi connectivity index (χ2v) is 4.30. The average Bonchev–Trinajstić information content (AvgIpc) is 2.57. The molecular formula is C16H32O7. The number of hydrogen-bond donors (Lipinski definition) is 0. The molecule has 0 aliphatic rings. The van der Waals surface area contributed by atoms with Crippen molar-refractivity contribution in [3.63, 3.8) is 0 Å². The Bertz CT molecular complexity index is 226. The first-order chi connectivity index (χ1) is 11.4. The van der Waals surface area contributed by atoms with E-state index >= 15 is 0 Å². The fourth-order valence-corrected chi connectivity index (χ4v) is 1.43. The van der Waals surface area contributed by atoms with Gasteiger partial charge < -0.3 is 33.2 Å². The monoisotopic (exact) mass is 336 g/mol. The van der Waals surface area contributed by atoms with Crippen LogP contribution in [0.15, 0.2) is 12.8 Å². The van der Waals surface area contributed by atoms with Gasteiger partial charge in [-0.15, -0.1) is 0 Å². The highest BCUT2D eigenvalue weighted by molar-refractivity contribution is 4.47. The second kappa shape index (κ2) is 21.3. The van der Waals surface area contributed by atoms with Crippen molar-refractivity contribution in [2.45, 2.75) is 6.92 Å². The summed E-state index contributed by atoms with van der Waals surface area (Å²) in [7, 11) is 0. The first kappa shape index (κ1) is 22.3. The predicted octanol–water partition coefficient (Wildman–Crippen LogP) is 1.27. The van der Waals surface area contributed by atoms with Crippen molar-refractivity contribution in [1.29, 1.82) is 0 Å². The number of hydrogen-bond acceptors (Lipinski definition) is 7. The van der Waals surface area contributed by atoms with Crippen LogP contribution in [0.25, 0.3) is 0 Å². The van der Waals surface area contributed by atoms with Gasteiger partial charge in [-0.1, -0.05) is 6.58 Å². The maximum Gasteiger partial charge on any atom is 0.111 e. The van der Waals surface area contributed by atoms with Crippen molar-refractivity contribution in [2.75, 3.05) is 85.9 Å². The molecule has 0 rings (SSSR count). The smallest absolute Gasteiger partial charge is 0.111 e. The molecule has 7 heteroatoms. The number of ether oxygens (including phenoxy) is 7. The molecule has 0 aromatic heterocycles. The average molecular weight is 336 g/mol. The highest BCUT2D eigenvalue weighted by atomic mass is 16.6. The van der Waals surface area contributed by atoms with E-state index < -0.39 is 0 Å². The Balaban J connectivity index is 2.93. The highest BCUT2D eigenvalue weighted by Crippen LogP contribution is 1.84. The lowest BCUT2D eigenvalue weighted by Crippen LogP contribution is -2.14. The van der Waals surface area contributed by atoms with Crippen LogP contribution in [0.3, 0.4) is 0 Å². The van der Waals surface area contributed by atoms with Crippen LogP contribution in [-0.4, -0.2) is 85.9 Å². The molecule has 7 nitrogen and oxygen atoms in total. The molecule has 0 radical (unpaired) electrons. The SMILES string of the molecule is C=COCCOCCOCCOCCOCCOCCOCC. The fourth-order valence-electron chi connectivity index (χ4n) is 1.43. The van der Waals surface area contributed by atoms with Gasteiger partial charge in [-0.3, -0.25) is 0 Å². The van der Waals surface area contributed by atoms with Gasteiger partial charge in [0.1, 0.15) is 6.61 Å². The minimum Gasteiger partial charge on any atom is -0.499 e. The van der Waals surface area contributed by atoms with E-state index in [4.69, 9.17) is 33.2 Å². The molecule has 0 aliphatic carbocycles. The third kappa shape index (κ3) is 21.3. The largest absolute Gasteiger partial charge is 0.499 e. The molecule has 138 valence electrons. The summed E-state index contributed by atoms with van der Waals surface area (Å²) in [5.74, 6) is 0. The third-order valence-corrected chi connectivity index (χ3v) is 2.53. The van der Waals surface area contributed by atoms with Crippen LogP contribution in [0, 0.1) is 0 Å². The Morgan fingerprint density at radius 2 is 0.826 bits per heavy atom. The van der Waals surface area contributed by atoms with Gasteiger partial charge >= 0.3 is 0 Å². The minimum atomic E-state index is 0.518. The molecule has 0 aliphatic heterocycles. The van der Waals surface area contributed by atoms with Gasteiger partial charge in [0.15, 0.2) is 0 Å². The van der Waals surface area contributed by atoms with E-state index in [0.29, 0.717) is 79.3 Å². The third-order valence-electron chi connectivity index (χ3n) is 2.53. The van der Waals surface area contributed by atoms with Crippen LogP contribution in [0.1, 0.15) is 6.92 Å². The quantitative estimate of drug-likeness (QED) is 0.245. The van der Waals surface area contributed by atoms with Crippen LogP contribution in [0.5, 0.6) is 0 Å². The molecule has 0 aromatic rings. The van der Waals surface area contributed by atoms with E-state index in [1.807, 2.05) is 6.92 Å². The van der Waals surface area contributed by atoms with Crippen LogP contribution in [0.4, 0.5) is 0 Å². The molecule has 0 N–H and O–H groups in total. The summed E-state index contributed by atoms with van der Waals surface area (Å²) >= 11 is 0. The molecule has 0 unspecified atom stereocenters. The lowest BCUT2D eigenvalue weighted by molar-refractivity contribution is -0.0179.